The summed E-state index contributed by atoms with van der Waals surface area (Å²) in [6.07, 6.45) is 4.39. The van der Waals surface area contributed by atoms with Crippen LogP contribution in [0.25, 0.3) is 10.9 Å². The highest BCUT2D eigenvalue weighted by Crippen LogP contribution is 2.28. The van der Waals surface area contributed by atoms with Crippen LogP contribution >= 0.6 is 0 Å². The molecule has 26 heavy (non-hydrogen) atoms. The number of rotatable bonds is 4. The summed E-state index contributed by atoms with van der Waals surface area (Å²) >= 11 is 0. The lowest BCUT2D eigenvalue weighted by Crippen LogP contribution is -2.35. The van der Waals surface area contributed by atoms with E-state index in [2.05, 4.69) is 15.3 Å². The molecule has 0 spiro atoms. The number of hydrogen-bond donors (Lipinski definition) is 1. The molecule has 1 fully saturated rings. The first kappa shape index (κ1) is 16.9. The van der Waals surface area contributed by atoms with Gasteiger partial charge in [0.2, 0.25) is 10.0 Å². The van der Waals surface area contributed by atoms with E-state index < -0.39 is 10.0 Å². The molecule has 6 nitrogen and oxygen atoms in total. The number of aromatic nitrogens is 2. The van der Waals surface area contributed by atoms with Crippen LogP contribution in [0.1, 0.15) is 19.3 Å². The van der Waals surface area contributed by atoms with E-state index in [9.17, 15) is 8.42 Å². The molecular weight excluding hydrogens is 348 g/mol. The Morgan fingerprint density at radius 1 is 0.923 bits per heavy atom. The lowest BCUT2D eigenvalue weighted by Gasteiger charge is -2.26. The molecular formula is C19H20N4O2S. The number of benzene rings is 2. The third-order valence-electron chi connectivity index (χ3n) is 4.60. The number of hydrogen-bond acceptors (Lipinski definition) is 5. The molecule has 0 atom stereocenters. The second kappa shape index (κ2) is 7.01. The molecule has 0 saturated carbocycles. The molecule has 0 amide bonds. The van der Waals surface area contributed by atoms with Gasteiger partial charge in [-0.25, -0.2) is 18.4 Å². The molecule has 0 aliphatic carbocycles. The van der Waals surface area contributed by atoms with Crippen molar-refractivity contribution in [3.05, 3.63) is 54.9 Å². The molecule has 0 unspecified atom stereocenters. The Morgan fingerprint density at radius 3 is 2.46 bits per heavy atom. The average Bonchev–Trinajstić information content (AvgIpc) is 2.69. The smallest absolute Gasteiger partial charge is 0.243 e. The number of piperidine rings is 1. The summed E-state index contributed by atoms with van der Waals surface area (Å²) in [5.41, 5.74) is 1.59. The van der Waals surface area contributed by atoms with E-state index in [0.29, 0.717) is 29.8 Å². The van der Waals surface area contributed by atoms with Crippen molar-refractivity contribution in [2.75, 3.05) is 18.4 Å². The quantitative estimate of drug-likeness (QED) is 0.762. The molecule has 2 aromatic carbocycles. The molecule has 1 saturated heterocycles. The molecule has 4 rings (SSSR count). The lowest BCUT2D eigenvalue weighted by atomic mass is 10.2. The Kier molecular flexibility index (Phi) is 4.57. The predicted molar refractivity (Wildman–Crippen MR) is 102 cm³/mol. The maximum absolute atomic E-state index is 13.0. The summed E-state index contributed by atoms with van der Waals surface area (Å²) in [5, 5.41) is 3.93. The number of nitrogens with one attached hydrogen (secondary N) is 1. The molecule has 1 aliphatic rings. The maximum atomic E-state index is 13.0. The van der Waals surface area contributed by atoms with E-state index in [-0.39, 0.29) is 4.90 Å². The monoisotopic (exact) mass is 368 g/mol. The standard InChI is InChI=1S/C19H20N4O2S/c24-26(25,23-11-5-2-6-12-23)16-9-10-18-17(13-16)19(21-14-20-18)22-15-7-3-1-4-8-15/h1,3-4,7-10,13-14H,2,5-6,11-12H2,(H,20,21,22). The van der Waals surface area contributed by atoms with Crippen molar-refractivity contribution in [1.82, 2.24) is 14.3 Å². The van der Waals surface area contributed by atoms with Crippen LogP contribution in [0.15, 0.2) is 59.8 Å². The van der Waals surface area contributed by atoms with Crippen molar-refractivity contribution in [1.29, 1.82) is 0 Å². The van der Waals surface area contributed by atoms with Gasteiger partial charge < -0.3 is 5.32 Å². The number of nitrogens with zero attached hydrogens (tertiary/aromatic N) is 3. The van der Waals surface area contributed by atoms with Crippen LogP contribution < -0.4 is 5.32 Å². The van der Waals surface area contributed by atoms with Crippen LogP contribution in [-0.2, 0) is 10.0 Å². The Morgan fingerprint density at radius 2 is 1.69 bits per heavy atom. The first-order valence-corrected chi connectivity index (χ1v) is 10.2. The summed E-state index contributed by atoms with van der Waals surface area (Å²) in [6, 6.07) is 14.7. The van der Waals surface area contributed by atoms with Crippen molar-refractivity contribution >= 4 is 32.4 Å². The van der Waals surface area contributed by atoms with E-state index in [1.807, 2.05) is 30.3 Å². The highest BCUT2D eigenvalue weighted by molar-refractivity contribution is 7.89. The zero-order valence-corrected chi connectivity index (χ0v) is 15.1. The molecule has 7 heteroatoms. The summed E-state index contributed by atoms with van der Waals surface area (Å²) < 4.78 is 27.5. The van der Waals surface area contributed by atoms with Crippen molar-refractivity contribution in [2.24, 2.45) is 0 Å². The molecule has 3 aromatic rings. The van der Waals surface area contributed by atoms with Crippen molar-refractivity contribution in [2.45, 2.75) is 24.2 Å². The molecule has 0 radical (unpaired) electrons. The highest BCUT2D eigenvalue weighted by Gasteiger charge is 2.26. The van der Waals surface area contributed by atoms with Gasteiger partial charge in [0.1, 0.15) is 12.1 Å². The van der Waals surface area contributed by atoms with Gasteiger partial charge in [0.05, 0.1) is 10.4 Å². The van der Waals surface area contributed by atoms with Crippen LogP contribution in [0.4, 0.5) is 11.5 Å². The third kappa shape index (κ3) is 3.27. The fraction of sp³-hybridized carbons (Fsp3) is 0.263. The largest absolute Gasteiger partial charge is 0.340 e. The van der Waals surface area contributed by atoms with Gasteiger partial charge in [-0.05, 0) is 43.2 Å². The topological polar surface area (TPSA) is 75.2 Å². The first-order chi connectivity index (χ1) is 12.6. The third-order valence-corrected chi connectivity index (χ3v) is 6.49. The van der Waals surface area contributed by atoms with E-state index >= 15 is 0 Å². The predicted octanol–water partition coefficient (Wildman–Crippen LogP) is 3.55. The second-order valence-corrected chi connectivity index (χ2v) is 8.29. The first-order valence-electron chi connectivity index (χ1n) is 8.71. The van der Waals surface area contributed by atoms with Gasteiger partial charge in [-0.15, -0.1) is 0 Å². The Hall–Kier alpha value is -2.51. The molecule has 134 valence electrons. The summed E-state index contributed by atoms with van der Waals surface area (Å²) in [6.45, 7) is 1.17. The highest BCUT2D eigenvalue weighted by atomic mass is 32.2. The van der Waals surface area contributed by atoms with Gasteiger partial charge in [0.15, 0.2) is 0 Å². The fourth-order valence-corrected chi connectivity index (χ4v) is 4.75. The second-order valence-electron chi connectivity index (χ2n) is 6.36. The SMILES string of the molecule is O=S(=O)(c1ccc2ncnc(Nc3ccccc3)c2c1)N1CCCCC1. The number of fused-ring (bicyclic) bond motifs is 1. The van der Waals surface area contributed by atoms with Crippen LogP contribution in [0.2, 0.25) is 0 Å². The van der Waals surface area contributed by atoms with Gasteiger partial charge in [0.25, 0.3) is 0 Å². The molecule has 1 N–H and O–H groups in total. The van der Waals surface area contributed by atoms with Crippen LogP contribution in [0.3, 0.4) is 0 Å². The fourth-order valence-electron chi connectivity index (χ4n) is 3.21. The zero-order chi connectivity index (χ0) is 18.0. The maximum Gasteiger partial charge on any atom is 0.243 e. The van der Waals surface area contributed by atoms with Gasteiger partial charge in [-0.1, -0.05) is 24.6 Å². The molecule has 0 bridgehead atoms. The normalized spacial score (nSPS) is 15.8. The number of para-hydroxylation sites is 1. The summed E-state index contributed by atoms with van der Waals surface area (Å²) in [7, 11) is -3.49. The van der Waals surface area contributed by atoms with Crippen molar-refractivity contribution < 1.29 is 8.42 Å². The lowest BCUT2D eigenvalue weighted by molar-refractivity contribution is 0.346. The Balaban J connectivity index is 1.75. The molecule has 2 heterocycles. The minimum atomic E-state index is -3.49. The Bertz CT molecular complexity index is 1020. The summed E-state index contributed by atoms with van der Waals surface area (Å²) in [4.78, 5) is 8.86. The minimum absolute atomic E-state index is 0.290. The van der Waals surface area contributed by atoms with E-state index in [0.717, 1.165) is 24.9 Å². The summed E-state index contributed by atoms with van der Waals surface area (Å²) in [5.74, 6) is 0.594. The zero-order valence-electron chi connectivity index (χ0n) is 14.3. The van der Waals surface area contributed by atoms with E-state index in [1.165, 1.54) is 6.33 Å². The van der Waals surface area contributed by atoms with Crippen molar-refractivity contribution in [3.63, 3.8) is 0 Å². The van der Waals surface area contributed by atoms with E-state index in [1.54, 1.807) is 22.5 Å². The van der Waals surface area contributed by atoms with Gasteiger partial charge in [-0.2, -0.15) is 4.31 Å². The van der Waals surface area contributed by atoms with Gasteiger partial charge in [0, 0.05) is 24.2 Å². The van der Waals surface area contributed by atoms with Crippen LogP contribution in [-0.4, -0.2) is 35.8 Å². The van der Waals surface area contributed by atoms with E-state index in [4.69, 9.17) is 0 Å². The van der Waals surface area contributed by atoms with Crippen LogP contribution in [0, 0.1) is 0 Å². The van der Waals surface area contributed by atoms with Crippen LogP contribution in [0.5, 0.6) is 0 Å². The van der Waals surface area contributed by atoms with Gasteiger partial charge in [-0.3, -0.25) is 0 Å². The Labute approximate surface area is 152 Å². The number of anilines is 2. The average molecular weight is 368 g/mol. The number of sulfonamides is 1. The minimum Gasteiger partial charge on any atom is -0.340 e. The van der Waals surface area contributed by atoms with Gasteiger partial charge >= 0.3 is 0 Å². The van der Waals surface area contributed by atoms with Crippen molar-refractivity contribution in [3.8, 4) is 0 Å². The molecule has 1 aliphatic heterocycles. The molecule has 1 aromatic heterocycles.